The summed E-state index contributed by atoms with van der Waals surface area (Å²) in [5.74, 6) is -1.73. The van der Waals surface area contributed by atoms with Crippen molar-refractivity contribution >= 4 is 15.8 Å². The van der Waals surface area contributed by atoms with Crippen LogP contribution in [0.15, 0.2) is 29.4 Å². The molecule has 1 heterocycles. The van der Waals surface area contributed by atoms with Gasteiger partial charge in [0.05, 0.1) is 5.69 Å². The van der Waals surface area contributed by atoms with Gasteiger partial charge < -0.3 is 10.1 Å². The Morgan fingerprint density at radius 3 is 2.45 bits per heavy atom. The van der Waals surface area contributed by atoms with Gasteiger partial charge in [-0.1, -0.05) is 12.1 Å². The number of nitrogens with zero attached hydrogens (tertiary/aromatic N) is 1. The van der Waals surface area contributed by atoms with Crippen LogP contribution in [-0.2, 0) is 16.3 Å². The Labute approximate surface area is 114 Å². The van der Waals surface area contributed by atoms with Crippen molar-refractivity contribution in [3.63, 3.8) is 0 Å². The number of carbonyl (C=O) groups is 1. The van der Waals surface area contributed by atoms with Gasteiger partial charge in [-0.2, -0.15) is 0 Å². The highest BCUT2D eigenvalue weighted by molar-refractivity contribution is 7.90. The topological polar surface area (TPSA) is 100 Å². The molecule has 0 aliphatic carbocycles. The molecule has 0 bridgehead atoms. The maximum absolute atomic E-state index is 12.8. The highest BCUT2D eigenvalue weighted by atomic mass is 32.2. The molecule has 0 unspecified atom stereocenters. The lowest BCUT2D eigenvalue weighted by atomic mass is 10.1. The summed E-state index contributed by atoms with van der Waals surface area (Å²) in [7, 11) is -3.63. The molecule has 0 radical (unpaired) electrons. The lowest BCUT2D eigenvalue weighted by molar-refractivity contribution is 0.0689. The third-order valence-electron chi connectivity index (χ3n) is 2.60. The Balaban J connectivity index is 2.42. The molecule has 2 aromatic rings. The van der Waals surface area contributed by atoms with E-state index < -0.39 is 26.8 Å². The summed E-state index contributed by atoms with van der Waals surface area (Å²) >= 11 is 0. The second-order valence-electron chi connectivity index (χ2n) is 4.25. The highest BCUT2D eigenvalue weighted by Crippen LogP contribution is 2.15. The maximum atomic E-state index is 12.8. The number of hydrogen-bond acceptors (Lipinski definition) is 4. The van der Waals surface area contributed by atoms with E-state index in [2.05, 4.69) is 9.97 Å². The molecule has 106 valence electrons. The fourth-order valence-corrected chi connectivity index (χ4v) is 2.24. The van der Waals surface area contributed by atoms with E-state index in [1.807, 2.05) is 0 Å². The molecule has 0 aliphatic heterocycles. The zero-order valence-corrected chi connectivity index (χ0v) is 11.2. The molecule has 8 heteroatoms. The summed E-state index contributed by atoms with van der Waals surface area (Å²) in [6, 6.07) is 5.46. The molecule has 6 nitrogen and oxygen atoms in total. The first-order valence-electron chi connectivity index (χ1n) is 5.54. The van der Waals surface area contributed by atoms with Gasteiger partial charge >= 0.3 is 5.97 Å². The summed E-state index contributed by atoms with van der Waals surface area (Å²) in [6.45, 7) is 0. The van der Waals surface area contributed by atoms with Crippen LogP contribution in [-0.4, -0.2) is 35.7 Å². The van der Waals surface area contributed by atoms with Crippen LogP contribution in [0.25, 0.3) is 0 Å². The van der Waals surface area contributed by atoms with Gasteiger partial charge in [0.15, 0.2) is 5.69 Å². The van der Waals surface area contributed by atoms with E-state index >= 15 is 0 Å². The van der Waals surface area contributed by atoms with E-state index in [0.29, 0.717) is 5.56 Å². The number of aromatic nitrogens is 2. The first-order chi connectivity index (χ1) is 9.27. The lowest BCUT2D eigenvalue weighted by Crippen LogP contribution is -2.03. The van der Waals surface area contributed by atoms with Crippen molar-refractivity contribution in [2.24, 2.45) is 0 Å². The van der Waals surface area contributed by atoms with E-state index in [0.717, 1.165) is 6.26 Å². The van der Waals surface area contributed by atoms with Gasteiger partial charge in [-0.05, 0) is 17.7 Å². The number of sulfone groups is 1. The highest BCUT2D eigenvalue weighted by Gasteiger charge is 2.21. The van der Waals surface area contributed by atoms with Gasteiger partial charge in [-0.3, -0.25) is 0 Å². The average Bonchev–Trinajstić information content (AvgIpc) is 2.76. The third kappa shape index (κ3) is 3.02. The minimum atomic E-state index is -3.63. The number of aromatic amines is 1. The average molecular weight is 298 g/mol. The minimum absolute atomic E-state index is 0.116. The molecule has 0 saturated carbocycles. The minimum Gasteiger partial charge on any atom is -0.476 e. The van der Waals surface area contributed by atoms with Crippen molar-refractivity contribution in [2.45, 2.75) is 11.6 Å². The molecule has 20 heavy (non-hydrogen) atoms. The van der Waals surface area contributed by atoms with Crippen molar-refractivity contribution < 1.29 is 22.7 Å². The predicted molar refractivity (Wildman–Crippen MR) is 67.9 cm³/mol. The number of halogens is 1. The monoisotopic (exact) mass is 298 g/mol. The number of carboxylic acid groups (broad SMARTS) is 1. The Morgan fingerprint density at radius 2 is 1.95 bits per heavy atom. The number of aromatic carboxylic acids is 1. The van der Waals surface area contributed by atoms with Gasteiger partial charge in [0.25, 0.3) is 0 Å². The van der Waals surface area contributed by atoms with Crippen LogP contribution in [0.1, 0.15) is 21.7 Å². The lowest BCUT2D eigenvalue weighted by Gasteiger charge is -2.00. The van der Waals surface area contributed by atoms with Gasteiger partial charge in [0.2, 0.25) is 15.0 Å². The Morgan fingerprint density at radius 1 is 1.35 bits per heavy atom. The second-order valence-corrected chi connectivity index (χ2v) is 6.18. The van der Waals surface area contributed by atoms with E-state index in [1.54, 1.807) is 0 Å². The van der Waals surface area contributed by atoms with Gasteiger partial charge in [0, 0.05) is 12.7 Å². The fraction of sp³-hybridized carbons (Fsp3) is 0.167. The molecule has 1 aromatic carbocycles. The van der Waals surface area contributed by atoms with Crippen LogP contribution in [0.2, 0.25) is 0 Å². The smallest absolute Gasteiger partial charge is 0.356 e. The van der Waals surface area contributed by atoms with Crippen LogP contribution in [0.4, 0.5) is 4.39 Å². The standard InChI is InChI=1S/C12H11FN2O4S/c1-20(18,19)12-14-9(10(15-12)11(16)17)6-7-2-4-8(13)5-3-7/h2-5H,6H2,1H3,(H,14,15)(H,16,17). The van der Waals surface area contributed by atoms with Gasteiger partial charge in [-0.15, -0.1) is 0 Å². The van der Waals surface area contributed by atoms with Crippen LogP contribution in [0.3, 0.4) is 0 Å². The SMILES string of the molecule is CS(=O)(=O)c1nc(C(=O)O)c(Cc2ccc(F)cc2)[nH]1. The summed E-state index contributed by atoms with van der Waals surface area (Å²) in [5, 5.41) is 8.63. The first-order valence-corrected chi connectivity index (χ1v) is 7.43. The number of hydrogen-bond donors (Lipinski definition) is 2. The van der Waals surface area contributed by atoms with Crippen LogP contribution in [0.5, 0.6) is 0 Å². The summed E-state index contributed by atoms with van der Waals surface area (Å²) < 4.78 is 35.6. The largest absolute Gasteiger partial charge is 0.476 e. The molecule has 1 aromatic heterocycles. The number of imidazole rings is 1. The van der Waals surface area contributed by atoms with Crippen molar-refractivity contribution in [3.8, 4) is 0 Å². The molecule has 0 fully saturated rings. The zero-order chi connectivity index (χ0) is 14.9. The van der Waals surface area contributed by atoms with E-state index in [4.69, 9.17) is 5.11 Å². The molecule has 0 saturated heterocycles. The summed E-state index contributed by atoms with van der Waals surface area (Å²) in [6.07, 6.45) is 1.05. The zero-order valence-electron chi connectivity index (χ0n) is 10.4. The first kappa shape index (κ1) is 14.2. The Hall–Kier alpha value is -2.22. The van der Waals surface area contributed by atoms with Crippen LogP contribution in [0, 0.1) is 5.82 Å². The van der Waals surface area contributed by atoms with Crippen LogP contribution >= 0.6 is 0 Å². The quantitative estimate of drug-likeness (QED) is 0.884. The van der Waals surface area contributed by atoms with E-state index in [-0.39, 0.29) is 17.8 Å². The number of carboxylic acids is 1. The number of nitrogens with one attached hydrogen (secondary N) is 1. The van der Waals surface area contributed by atoms with Gasteiger partial charge in [0.1, 0.15) is 5.82 Å². The molecule has 0 spiro atoms. The number of rotatable bonds is 4. The van der Waals surface area contributed by atoms with Crippen molar-refractivity contribution in [1.29, 1.82) is 0 Å². The molecule has 2 N–H and O–H groups in total. The second kappa shape index (κ2) is 5.04. The van der Waals surface area contributed by atoms with Gasteiger partial charge in [-0.25, -0.2) is 22.6 Å². The Kier molecular flexibility index (Phi) is 3.58. The predicted octanol–water partition coefficient (Wildman–Crippen LogP) is 1.24. The van der Waals surface area contributed by atoms with Crippen molar-refractivity contribution in [2.75, 3.05) is 6.26 Å². The molecular weight excluding hydrogens is 287 g/mol. The van der Waals surface area contributed by atoms with Crippen LogP contribution < -0.4 is 0 Å². The van der Waals surface area contributed by atoms with Crippen molar-refractivity contribution in [3.05, 3.63) is 47.0 Å². The summed E-state index contributed by atoms with van der Waals surface area (Å²) in [5.41, 5.74) is 0.442. The maximum Gasteiger partial charge on any atom is 0.356 e. The van der Waals surface area contributed by atoms with Crippen molar-refractivity contribution in [1.82, 2.24) is 9.97 Å². The molecule has 0 aliphatic rings. The fourth-order valence-electron chi connectivity index (χ4n) is 1.67. The third-order valence-corrected chi connectivity index (χ3v) is 3.50. The Bertz CT molecular complexity index is 750. The number of H-pyrrole nitrogens is 1. The molecule has 0 amide bonds. The molecule has 2 rings (SSSR count). The van der Waals surface area contributed by atoms with E-state index in [1.165, 1.54) is 24.3 Å². The number of benzene rings is 1. The molecular formula is C12H11FN2O4S. The molecule has 0 atom stereocenters. The normalized spacial score (nSPS) is 11.5. The van der Waals surface area contributed by atoms with E-state index in [9.17, 15) is 17.6 Å². The summed E-state index contributed by atoms with van der Waals surface area (Å²) in [4.78, 5) is 17.1.